The predicted molar refractivity (Wildman–Crippen MR) is 69.5 cm³/mol. The summed E-state index contributed by atoms with van der Waals surface area (Å²) >= 11 is 1.78. The van der Waals surface area contributed by atoms with Crippen LogP contribution < -0.4 is 10.1 Å². The molecule has 2 rings (SSSR count). The molecule has 0 aliphatic carbocycles. The lowest BCUT2D eigenvalue weighted by atomic mass is 10.0. The number of methoxy groups -OCH3 is 1. The van der Waals surface area contributed by atoms with Crippen molar-refractivity contribution in [1.82, 2.24) is 5.32 Å². The fourth-order valence-electron chi connectivity index (χ4n) is 2.31. The molecule has 0 radical (unpaired) electrons. The van der Waals surface area contributed by atoms with E-state index in [0.717, 1.165) is 12.2 Å². The zero-order chi connectivity index (χ0) is 11.4. The van der Waals surface area contributed by atoms with Gasteiger partial charge in [-0.3, -0.25) is 0 Å². The molecule has 1 aromatic rings. The summed E-state index contributed by atoms with van der Waals surface area (Å²) in [6, 6.07) is 6.99. The molecule has 1 aliphatic heterocycles. The van der Waals surface area contributed by atoms with Crippen LogP contribution in [-0.2, 0) is 6.42 Å². The van der Waals surface area contributed by atoms with Gasteiger partial charge in [-0.15, -0.1) is 11.8 Å². The van der Waals surface area contributed by atoms with Gasteiger partial charge in [0.1, 0.15) is 5.75 Å². The van der Waals surface area contributed by atoms with Crippen molar-refractivity contribution in [2.45, 2.75) is 30.2 Å². The molecule has 0 spiro atoms. The van der Waals surface area contributed by atoms with Gasteiger partial charge in [-0.05, 0) is 43.7 Å². The molecule has 1 fully saturated rings. The quantitative estimate of drug-likeness (QED) is 0.814. The summed E-state index contributed by atoms with van der Waals surface area (Å²) in [5.74, 6) is 1.00. The van der Waals surface area contributed by atoms with Crippen LogP contribution in [0.2, 0.25) is 0 Å². The molecule has 0 amide bonds. The van der Waals surface area contributed by atoms with E-state index < -0.39 is 0 Å². The van der Waals surface area contributed by atoms with Crippen LogP contribution in [0, 0.1) is 0 Å². The van der Waals surface area contributed by atoms with E-state index in [1.54, 1.807) is 18.9 Å². The van der Waals surface area contributed by atoms with Gasteiger partial charge in [0.05, 0.1) is 12.0 Å². The van der Waals surface area contributed by atoms with Crippen LogP contribution in [0.1, 0.15) is 18.4 Å². The predicted octanol–water partition coefficient (Wildman–Crippen LogP) is 2.71. The molecule has 0 bridgehead atoms. The van der Waals surface area contributed by atoms with Gasteiger partial charge in [0.2, 0.25) is 0 Å². The van der Waals surface area contributed by atoms with E-state index in [4.69, 9.17) is 4.74 Å². The minimum absolute atomic E-state index is 0.651. The molecule has 0 saturated carbocycles. The first-order chi connectivity index (χ1) is 7.85. The summed E-state index contributed by atoms with van der Waals surface area (Å²) in [5.41, 5.74) is 1.41. The van der Waals surface area contributed by atoms with Gasteiger partial charge in [-0.1, -0.05) is 12.1 Å². The van der Waals surface area contributed by atoms with Crippen molar-refractivity contribution in [1.29, 1.82) is 0 Å². The van der Waals surface area contributed by atoms with Crippen molar-refractivity contribution >= 4 is 11.8 Å². The molecule has 16 heavy (non-hydrogen) atoms. The number of rotatable bonds is 4. The Morgan fingerprint density at radius 2 is 2.38 bits per heavy atom. The van der Waals surface area contributed by atoms with Gasteiger partial charge in [-0.25, -0.2) is 0 Å². The maximum Gasteiger partial charge on any atom is 0.132 e. The highest BCUT2D eigenvalue weighted by Gasteiger charge is 2.17. The molecule has 0 aromatic heterocycles. The standard InChI is InChI=1S/C13H19NOS/c1-15-12-7-3-5-10(13(12)16-2)9-11-6-4-8-14-11/h3,5,7,11,14H,4,6,8-9H2,1-2H3. The van der Waals surface area contributed by atoms with Crippen LogP contribution in [0.15, 0.2) is 23.1 Å². The number of benzene rings is 1. The van der Waals surface area contributed by atoms with Gasteiger partial charge in [0.25, 0.3) is 0 Å². The van der Waals surface area contributed by atoms with Crippen LogP contribution in [0.25, 0.3) is 0 Å². The van der Waals surface area contributed by atoms with E-state index in [1.165, 1.54) is 29.8 Å². The van der Waals surface area contributed by atoms with Gasteiger partial charge in [0, 0.05) is 6.04 Å². The fraction of sp³-hybridized carbons (Fsp3) is 0.538. The summed E-state index contributed by atoms with van der Waals surface area (Å²) in [4.78, 5) is 1.29. The van der Waals surface area contributed by atoms with E-state index >= 15 is 0 Å². The van der Waals surface area contributed by atoms with Crippen LogP contribution in [0.5, 0.6) is 5.75 Å². The van der Waals surface area contributed by atoms with Gasteiger partial charge < -0.3 is 10.1 Å². The summed E-state index contributed by atoms with van der Waals surface area (Å²) in [6.07, 6.45) is 5.84. The third-order valence-corrected chi connectivity index (χ3v) is 3.98. The summed E-state index contributed by atoms with van der Waals surface area (Å²) < 4.78 is 5.40. The Kier molecular flexibility index (Phi) is 4.13. The third kappa shape index (κ3) is 2.53. The Morgan fingerprint density at radius 1 is 1.50 bits per heavy atom. The molecular formula is C13H19NOS. The second kappa shape index (κ2) is 5.60. The lowest BCUT2D eigenvalue weighted by molar-refractivity contribution is 0.403. The Labute approximate surface area is 102 Å². The Bertz CT molecular complexity index is 348. The Balaban J connectivity index is 2.18. The van der Waals surface area contributed by atoms with E-state index in [0.29, 0.717) is 6.04 Å². The van der Waals surface area contributed by atoms with E-state index in [2.05, 4.69) is 23.7 Å². The maximum absolute atomic E-state index is 5.40. The van der Waals surface area contributed by atoms with Crippen molar-refractivity contribution in [3.8, 4) is 5.75 Å². The van der Waals surface area contributed by atoms with E-state index in [-0.39, 0.29) is 0 Å². The minimum atomic E-state index is 0.651. The fourth-order valence-corrected chi connectivity index (χ4v) is 3.08. The molecule has 88 valence electrons. The number of hydrogen-bond acceptors (Lipinski definition) is 3. The second-order valence-corrected chi connectivity index (χ2v) is 4.97. The van der Waals surface area contributed by atoms with Crippen molar-refractivity contribution < 1.29 is 4.74 Å². The number of ether oxygens (including phenoxy) is 1. The zero-order valence-corrected chi connectivity index (χ0v) is 10.8. The minimum Gasteiger partial charge on any atom is -0.496 e. The second-order valence-electron chi connectivity index (χ2n) is 4.15. The molecule has 1 unspecified atom stereocenters. The third-order valence-electron chi connectivity index (χ3n) is 3.11. The van der Waals surface area contributed by atoms with Gasteiger partial charge in [-0.2, -0.15) is 0 Å². The first kappa shape index (κ1) is 11.8. The Morgan fingerprint density at radius 3 is 3.00 bits per heavy atom. The molecule has 1 N–H and O–H groups in total. The van der Waals surface area contributed by atoms with E-state index in [1.807, 2.05) is 6.07 Å². The van der Waals surface area contributed by atoms with Gasteiger partial charge in [0.15, 0.2) is 0 Å². The van der Waals surface area contributed by atoms with Crippen molar-refractivity contribution in [2.75, 3.05) is 19.9 Å². The first-order valence-corrected chi connectivity index (χ1v) is 7.01. The molecule has 1 heterocycles. The Hall–Kier alpha value is -0.670. The lowest BCUT2D eigenvalue weighted by Crippen LogP contribution is -2.23. The highest BCUT2D eigenvalue weighted by Crippen LogP contribution is 2.32. The summed E-state index contributed by atoms with van der Waals surface area (Å²) in [7, 11) is 1.74. The van der Waals surface area contributed by atoms with Crippen LogP contribution >= 0.6 is 11.8 Å². The molecule has 1 aromatic carbocycles. The van der Waals surface area contributed by atoms with Crippen molar-refractivity contribution in [2.24, 2.45) is 0 Å². The van der Waals surface area contributed by atoms with Crippen LogP contribution in [0.3, 0.4) is 0 Å². The average molecular weight is 237 g/mol. The van der Waals surface area contributed by atoms with Crippen LogP contribution in [-0.4, -0.2) is 26.0 Å². The molecule has 1 saturated heterocycles. The number of hydrogen-bond donors (Lipinski definition) is 1. The molecule has 3 heteroatoms. The smallest absolute Gasteiger partial charge is 0.132 e. The molecule has 1 aliphatic rings. The number of thioether (sulfide) groups is 1. The highest BCUT2D eigenvalue weighted by molar-refractivity contribution is 7.98. The van der Waals surface area contributed by atoms with Crippen LogP contribution in [0.4, 0.5) is 0 Å². The molecule has 1 atom stereocenters. The van der Waals surface area contributed by atoms with E-state index in [9.17, 15) is 0 Å². The summed E-state index contributed by atoms with van der Waals surface area (Å²) in [6.45, 7) is 1.17. The average Bonchev–Trinajstić information content (AvgIpc) is 2.81. The maximum atomic E-state index is 5.40. The molecule has 2 nitrogen and oxygen atoms in total. The normalized spacial score (nSPS) is 20.0. The monoisotopic (exact) mass is 237 g/mol. The highest BCUT2D eigenvalue weighted by atomic mass is 32.2. The van der Waals surface area contributed by atoms with Gasteiger partial charge >= 0.3 is 0 Å². The largest absolute Gasteiger partial charge is 0.496 e. The molecular weight excluding hydrogens is 218 g/mol. The number of nitrogens with one attached hydrogen (secondary N) is 1. The summed E-state index contributed by atoms with van der Waals surface area (Å²) in [5, 5.41) is 3.54. The lowest BCUT2D eigenvalue weighted by Gasteiger charge is -2.15. The first-order valence-electron chi connectivity index (χ1n) is 5.78. The topological polar surface area (TPSA) is 21.3 Å². The van der Waals surface area contributed by atoms with Crippen molar-refractivity contribution in [3.63, 3.8) is 0 Å². The SMILES string of the molecule is COc1cccc(CC2CCCN2)c1SC. The zero-order valence-electron chi connectivity index (χ0n) is 9.95. The van der Waals surface area contributed by atoms with Crippen molar-refractivity contribution in [3.05, 3.63) is 23.8 Å².